The van der Waals surface area contributed by atoms with E-state index in [1.54, 1.807) is 38.3 Å². The Morgan fingerprint density at radius 1 is 1.14 bits per heavy atom. The van der Waals surface area contributed by atoms with E-state index < -0.39 is 6.10 Å². The predicted octanol–water partition coefficient (Wildman–Crippen LogP) is 3.45. The largest absolute Gasteiger partial charge is 0.497 e. The van der Waals surface area contributed by atoms with Gasteiger partial charge in [-0.2, -0.15) is 0 Å². The van der Waals surface area contributed by atoms with Gasteiger partial charge in [-0.25, -0.2) is 4.79 Å². The first kappa shape index (κ1) is 21.1. The van der Waals surface area contributed by atoms with Crippen LogP contribution < -0.4 is 9.47 Å². The third-order valence-corrected chi connectivity index (χ3v) is 5.12. The van der Waals surface area contributed by atoms with Crippen LogP contribution in [0.5, 0.6) is 11.5 Å². The Morgan fingerprint density at radius 3 is 2.48 bits per heavy atom. The van der Waals surface area contributed by atoms with Crippen molar-refractivity contribution in [2.45, 2.75) is 31.9 Å². The Hall–Kier alpha value is -2.57. The fourth-order valence-electron chi connectivity index (χ4n) is 3.67. The highest BCUT2D eigenvalue weighted by Gasteiger charge is 2.27. The Kier molecular flexibility index (Phi) is 7.49. The van der Waals surface area contributed by atoms with Crippen LogP contribution in [0.4, 0.5) is 0 Å². The van der Waals surface area contributed by atoms with Crippen molar-refractivity contribution in [1.82, 2.24) is 4.90 Å². The Labute approximate surface area is 172 Å². The monoisotopic (exact) mass is 399 g/mol. The van der Waals surface area contributed by atoms with Gasteiger partial charge in [0.05, 0.1) is 19.3 Å². The maximum atomic E-state index is 11.7. The van der Waals surface area contributed by atoms with E-state index in [-0.39, 0.29) is 12.6 Å². The number of carbonyl (C=O) groups excluding carboxylic acids is 1. The van der Waals surface area contributed by atoms with Gasteiger partial charge >= 0.3 is 5.97 Å². The zero-order chi connectivity index (χ0) is 20.6. The SMILES string of the molecule is CCOC(=O)c1ccc(OC[C@H](O)CN2CCC[C@H]2c2ccc(OC)cc2)cc1. The predicted molar refractivity (Wildman–Crippen MR) is 110 cm³/mol. The topological polar surface area (TPSA) is 68.2 Å². The number of aliphatic hydroxyl groups excluding tert-OH is 1. The molecule has 1 fully saturated rings. The zero-order valence-electron chi connectivity index (χ0n) is 17.0. The van der Waals surface area contributed by atoms with Gasteiger partial charge in [0, 0.05) is 12.6 Å². The van der Waals surface area contributed by atoms with Crippen LogP contribution in [0.2, 0.25) is 0 Å². The molecular formula is C23H29NO5. The molecule has 0 aliphatic carbocycles. The summed E-state index contributed by atoms with van der Waals surface area (Å²) in [5, 5.41) is 10.5. The third kappa shape index (κ3) is 5.71. The van der Waals surface area contributed by atoms with Gasteiger partial charge in [0.25, 0.3) is 0 Å². The molecule has 3 rings (SSSR count). The molecule has 0 amide bonds. The third-order valence-electron chi connectivity index (χ3n) is 5.12. The van der Waals surface area contributed by atoms with Crippen LogP contribution in [0.3, 0.4) is 0 Å². The molecule has 1 N–H and O–H groups in total. The summed E-state index contributed by atoms with van der Waals surface area (Å²) in [7, 11) is 1.66. The molecule has 0 bridgehead atoms. The van der Waals surface area contributed by atoms with Gasteiger partial charge in [-0.15, -0.1) is 0 Å². The molecule has 1 aliphatic rings. The molecule has 2 atom stereocenters. The van der Waals surface area contributed by atoms with Crippen molar-refractivity contribution in [3.05, 3.63) is 59.7 Å². The minimum absolute atomic E-state index is 0.199. The Bertz CT molecular complexity index is 775. The van der Waals surface area contributed by atoms with E-state index >= 15 is 0 Å². The van der Waals surface area contributed by atoms with Gasteiger partial charge in [-0.1, -0.05) is 12.1 Å². The van der Waals surface area contributed by atoms with Crippen LogP contribution in [0, 0.1) is 0 Å². The Morgan fingerprint density at radius 2 is 1.83 bits per heavy atom. The van der Waals surface area contributed by atoms with E-state index in [4.69, 9.17) is 14.2 Å². The summed E-state index contributed by atoms with van der Waals surface area (Å²) in [6.45, 7) is 3.83. The number of methoxy groups -OCH3 is 1. The lowest BCUT2D eigenvalue weighted by molar-refractivity contribution is 0.0525. The van der Waals surface area contributed by atoms with Crippen molar-refractivity contribution in [3.63, 3.8) is 0 Å². The lowest BCUT2D eigenvalue weighted by Crippen LogP contribution is -2.35. The molecule has 2 aromatic rings. The zero-order valence-corrected chi connectivity index (χ0v) is 17.0. The summed E-state index contributed by atoms with van der Waals surface area (Å²) in [4.78, 5) is 14.0. The minimum atomic E-state index is -0.599. The molecule has 156 valence electrons. The van der Waals surface area contributed by atoms with Crippen molar-refractivity contribution >= 4 is 5.97 Å². The quantitative estimate of drug-likeness (QED) is 0.652. The van der Waals surface area contributed by atoms with Crippen molar-refractivity contribution in [1.29, 1.82) is 0 Å². The summed E-state index contributed by atoms with van der Waals surface area (Å²) in [5.41, 5.74) is 1.73. The highest BCUT2D eigenvalue weighted by Crippen LogP contribution is 2.32. The first-order valence-electron chi connectivity index (χ1n) is 10.1. The van der Waals surface area contributed by atoms with Crippen molar-refractivity contribution in [3.8, 4) is 11.5 Å². The Balaban J connectivity index is 1.50. The lowest BCUT2D eigenvalue weighted by Gasteiger charge is -2.27. The molecule has 0 aromatic heterocycles. The average molecular weight is 399 g/mol. The van der Waals surface area contributed by atoms with E-state index in [2.05, 4.69) is 17.0 Å². The summed E-state index contributed by atoms with van der Waals surface area (Å²) >= 11 is 0. The lowest BCUT2D eigenvalue weighted by atomic mass is 10.0. The first-order valence-corrected chi connectivity index (χ1v) is 10.1. The van der Waals surface area contributed by atoms with Crippen LogP contribution in [0.1, 0.15) is 41.7 Å². The van der Waals surface area contributed by atoms with Gasteiger partial charge in [0.15, 0.2) is 0 Å². The molecule has 0 spiro atoms. The number of β-amino-alcohol motifs (C(OH)–C–C–N with tert-alkyl or cyclic N) is 1. The smallest absolute Gasteiger partial charge is 0.338 e. The van der Waals surface area contributed by atoms with E-state index in [0.29, 0.717) is 30.5 Å². The molecular weight excluding hydrogens is 370 g/mol. The minimum Gasteiger partial charge on any atom is -0.497 e. The van der Waals surface area contributed by atoms with E-state index in [1.165, 1.54) is 5.56 Å². The average Bonchev–Trinajstić information content (AvgIpc) is 3.21. The summed E-state index contributed by atoms with van der Waals surface area (Å²) in [5.74, 6) is 1.11. The second kappa shape index (κ2) is 10.3. The number of ether oxygens (including phenoxy) is 3. The van der Waals surface area contributed by atoms with Gasteiger partial charge in [0.2, 0.25) is 0 Å². The molecule has 0 saturated carbocycles. The number of benzene rings is 2. The molecule has 1 aliphatic heterocycles. The van der Waals surface area contributed by atoms with E-state index in [0.717, 1.165) is 25.1 Å². The molecule has 0 radical (unpaired) electrons. The van der Waals surface area contributed by atoms with Gasteiger partial charge in [-0.3, -0.25) is 4.90 Å². The van der Waals surface area contributed by atoms with Gasteiger partial charge < -0.3 is 19.3 Å². The fraction of sp³-hybridized carbons (Fsp3) is 0.435. The maximum Gasteiger partial charge on any atom is 0.338 e. The van der Waals surface area contributed by atoms with Crippen molar-refractivity contribution < 1.29 is 24.1 Å². The number of hydrogen-bond donors (Lipinski definition) is 1. The van der Waals surface area contributed by atoms with Crippen molar-refractivity contribution in [2.24, 2.45) is 0 Å². The second-order valence-corrected chi connectivity index (χ2v) is 7.14. The van der Waals surface area contributed by atoms with Crippen molar-refractivity contribution in [2.75, 3.05) is 33.4 Å². The summed E-state index contributed by atoms with van der Waals surface area (Å²) in [6.07, 6.45) is 1.59. The van der Waals surface area contributed by atoms with Crippen LogP contribution in [0.15, 0.2) is 48.5 Å². The van der Waals surface area contributed by atoms with E-state index in [1.807, 2.05) is 12.1 Å². The number of carbonyl (C=O) groups is 1. The standard InChI is InChI=1S/C23H29NO5/c1-3-28-23(26)18-8-12-21(13-9-18)29-16-19(25)15-24-14-4-5-22(24)17-6-10-20(27-2)11-7-17/h6-13,19,22,25H,3-5,14-16H2,1-2H3/t19-,22+/m1/s1. The summed E-state index contributed by atoms with van der Waals surface area (Å²) < 4.78 is 15.9. The normalized spacial score (nSPS) is 17.7. The highest BCUT2D eigenvalue weighted by molar-refractivity contribution is 5.89. The number of aliphatic hydroxyl groups is 1. The maximum absolute atomic E-state index is 11.7. The molecule has 6 nitrogen and oxygen atoms in total. The van der Waals surface area contributed by atoms with Crippen LogP contribution in [-0.2, 0) is 4.74 Å². The molecule has 29 heavy (non-hydrogen) atoms. The van der Waals surface area contributed by atoms with E-state index in [9.17, 15) is 9.90 Å². The molecule has 0 unspecified atom stereocenters. The number of esters is 1. The van der Waals surface area contributed by atoms with Crippen LogP contribution >= 0.6 is 0 Å². The summed E-state index contributed by atoms with van der Waals surface area (Å²) in [6, 6.07) is 15.2. The molecule has 1 saturated heterocycles. The highest BCUT2D eigenvalue weighted by atomic mass is 16.5. The van der Waals surface area contributed by atoms with Crippen LogP contribution in [-0.4, -0.2) is 55.5 Å². The number of likely N-dealkylation sites (tertiary alicyclic amines) is 1. The van der Waals surface area contributed by atoms with Gasteiger partial charge in [-0.05, 0) is 68.3 Å². The fourth-order valence-corrected chi connectivity index (χ4v) is 3.67. The molecule has 6 heteroatoms. The number of nitrogens with zero attached hydrogens (tertiary/aromatic N) is 1. The second-order valence-electron chi connectivity index (χ2n) is 7.14. The number of rotatable bonds is 9. The molecule has 2 aromatic carbocycles. The van der Waals surface area contributed by atoms with Crippen LogP contribution in [0.25, 0.3) is 0 Å². The molecule has 1 heterocycles. The first-order chi connectivity index (χ1) is 14.1. The van der Waals surface area contributed by atoms with Gasteiger partial charge in [0.1, 0.15) is 24.2 Å². The number of hydrogen-bond acceptors (Lipinski definition) is 6.